The van der Waals surface area contributed by atoms with Crippen LogP contribution in [0.5, 0.6) is 11.5 Å². The van der Waals surface area contributed by atoms with Crippen molar-refractivity contribution in [2.24, 2.45) is 0 Å². The van der Waals surface area contributed by atoms with Crippen LogP contribution in [0.1, 0.15) is 60.2 Å². The van der Waals surface area contributed by atoms with E-state index in [1.807, 2.05) is 68.6 Å². The fraction of sp³-hybridized carbons (Fsp3) is 0.345. The van der Waals surface area contributed by atoms with Crippen LogP contribution in [0.2, 0.25) is 0 Å². The Morgan fingerprint density at radius 1 is 1.06 bits per heavy atom. The van der Waals surface area contributed by atoms with Gasteiger partial charge in [-0.05, 0) is 66.3 Å². The second-order valence-electron chi connectivity index (χ2n) is 8.79. The first-order valence-corrected chi connectivity index (χ1v) is 11.9. The smallest absolute Gasteiger partial charge is 0.339 e. The monoisotopic (exact) mass is 478 g/mol. The van der Waals surface area contributed by atoms with E-state index in [-0.39, 0.29) is 11.5 Å². The Balaban J connectivity index is 0.000000269. The molecule has 0 atom stereocenters. The van der Waals surface area contributed by atoms with Crippen LogP contribution in [0.25, 0.3) is 0 Å². The average Bonchev–Trinajstić information content (AvgIpc) is 2.83. The lowest BCUT2D eigenvalue weighted by Crippen LogP contribution is -2.18. The third-order valence-corrected chi connectivity index (χ3v) is 5.63. The molecule has 0 unspecified atom stereocenters. The molecule has 0 radical (unpaired) electrons. The number of carboxylic acid groups (broad SMARTS) is 1. The first kappa shape index (κ1) is 27.6. The topological polar surface area (TPSA) is 85.0 Å². The van der Waals surface area contributed by atoms with Gasteiger partial charge in [0.15, 0.2) is 0 Å². The molecule has 35 heavy (non-hydrogen) atoms. The van der Waals surface area contributed by atoms with Crippen LogP contribution >= 0.6 is 0 Å². The number of nitrogens with zero attached hydrogens (tertiary/aromatic N) is 1. The van der Waals surface area contributed by atoms with Crippen molar-refractivity contribution in [1.29, 1.82) is 0 Å². The maximum atomic E-state index is 11.4. The van der Waals surface area contributed by atoms with Gasteiger partial charge in [-0.1, -0.05) is 51.1 Å². The van der Waals surface area contributed by atoms with Crippen LogP contribution in [-0.4, -0.2) is 31.8 Å². The Labute approximate surface area is 209 Å². The number of carbonyl (C=O) groups is 1. The van der Waals surface area contributed by atoms with Gasteiger partial charge in [0, 0.05) is 19.3 Å². The summed E-state index contributed by atoms with van der Waals surface area (Å²) in [5.74, 6) is 0.620. The van der Waals surface area contributed by atoms with Gasteiger partial charge in [0.05, 0.1) is 12.8 Å². The molecular formula is C29H38N2O4. The number of hydrogen-bond donors (Lipinski definition) is 2. The summed E-state index contributed by atoms with van der Waals surface area (Å²) < 4.78 is 11.0. The number of anilines is 2. The minimum absolute atomic E-state index is 0.222. The Bertz CT molecular complexity index is 1100. The number of carboxylic acids is 1. The molecule has 0 aromatic heterocycles. The summed E-state index contributed by atoms with van der Waals surface area (Å²) in [4.78, 5) is 13.6. The molecule has 3 rings (SSSR count). The molecule has 3 aromatic rings. The SMILES string of the molecule is CCCN(C)c1cc(N)ccc1OC.Cc1cc(OCc2ccccc2)c(C(=O)O)cc1C(C)C. The normalized spacial score (nSPS) is 10.4. The lowest BCUT2D eigenvalue weighted by molar-refractivity contribution is 0.0691. The third-order valence-electron chi connectivity index (χ3n) is 5.63. The van der Waals surface area contributed by atoms with Crippen molar-refractivity contribution in [3.05, 3.63) is 82.9 Å². The molecule has 0 heterocycles. The van der Waals surface area contributed by atoms with Crippen molar-refractivity contribution in [3.8, 4) is 11.5 Å². The molecule has 0 spiro atoms. The van der Waals surface area contributed by atoms with Gasteiger partial charge in [-0.25, -0.2) is 4.79 Å². The van der Waals surface area contributed by atoms with Crippen LogP contribution in [0.3, 0.4) is 0 Å². The number of nitrogens with two attached hydrogens (primary N) is 1. The fourth-order valence-corrected chi connectivity index (χ4v) is 3.80. The molecule has 188 valence electrons. The van der Waals surface area contributed by atoms with Gasteiger partial charge in [0.1, 0.15) is 23.7 Å². The van der Waals surface area contributed by atoms with Gasteiger partial charge in [-0.15, -0.1) is 0 Å². The predicted molar refractivity (Wildman–Crippen MR) is 144 cm³/mol. The van der Waals surface area contributed by atoms with Gasteiger partial charge in [0.25, 0.3) is 0 Å². The highest BCUT2D eigenvalue weighted by atomic mass is 16.5. The van der Waals surface area contributed by atoms with E-state index < -0.39 is 5.97 Å². The molecular weight excluding hydrogens is 440 g/mol. The zero-order chi connectivity index (χ0) is 26.0. The van der Waals surface area contributed by atoms with E-state index in [9.17, 15) is 9.90 Å². The van der Waals surface area contributed by atoms with Gasteiger partial charge in [-0.3, -0.25) is 0 Å². The van der Waals surface area contributed by atoms with Crippen LogP contribution in [0.4, 0.5) is 11.4 Å². The van der Waals surface area contributed by atoms with E-state index in [4.69, 9.17) is 15.2 Å². The number of ether oxygens (including phenoxy) is 2. The van der Waals surface area contributed by atoms with Crippen molar-refractivity contribution in [2.75, 3.05) is 31.3 Å². The maximum Gasteiger partial charge on any atom is 0.339 e. The molecule has 3 N–H and O–H groups in total. The van der Waals surface area contributed by atoms with E-state index in [0.717, 1.165) is 46.8 Å². The molecule has 0 aliphatic carbocycles. The molecule has 0 aliphatic rings. The average molecular weight is 479 g/mol. The zero-order valence-corrected chi connectivity index (χ0v) is 21.7. The molecule has 0 bridgehead atoms. The lowest BCUT2D eigenvalue weighted by atomic mass is 9.95. The number of aryl methyl sites for hydroxylation is 1. The number of nitrogen functional groups attached to an aromatic ring is 1. The summed E-state index contributed by atoms with van der Waals surface area (Å²) in [6, 6.07) is 18.9. The highest BCUT2D eigenvalue weighted by Gasteiger charge is 2.16. The van der Waals surface area contributed by atoms with Crippen molar-refractivity contribution in [3.63, 3.8) is 0 Å². The lowest BCUT2D eigenvalue weighted by Gasteiger charge is -2.21. The summed E-state index contributed by atoms with van der Waals surface area (Å²) in [6.07, 6.45) is 1.11. The Kier molecular flexibility index (Phi) is 10.5. The second kappa shape index (κ2) is 13.3. The predicted octanol–water partition coefficient (Wildman–Crippen LogP) is 6.52. The van der Waals surface area contributed by atoms with Crippen LogP contribution in [0.15, 0.2) is 60.7 Å². The van der Waals surface area contributed by atoms with Crippen molar-refractivity contribution < 1.29 is 19.4 Å². The summed E-state index contributed by atoms with van der Waals surface area (Å²) in [6.45, 7) is 9.60. The van der Waals surface area contributed by atoms with E-state index in [0.29, 0.717) is 12.4 Å². The third kappa shape index (κ3) is 7.95. The highest BCUT2D eigenvalue weighted by molar-refractivity contribution is 5.91. The number of rotatable bonds is 9. The van der Waals surface area contributed by atoms with Gasteiger partial charge in [-0.2, -0.15) is 0 Å². The van der Waals surface area contributed by atoms with Crippen LogP contribution in [-0.2, 0) is 6.61 Å². The van der Waals surface area contributed by atoms with E-state index in [2.05, 4.69) is 25.7 Å². The summed E-state index contributed by atoms with van der Waals surface area (Å²) in [7, 11) is 3.72. The highest BCUT2D eigenvalue weighted by Crippen LogP contribution is 2.30. The second-order valence-corrected chi connectivity index (χ2v) is 8.79. The largest absolute Gasteiger partial charge is 0.495 e. The molecule has 6 heteroatoms. The van der Waals surface area contributed by atoms with Crippen LogP contribution in [0, 0.1) is 6.92 Å². The van der Waals surface area contributed by atoms with Crippen molar-refractivity contribution in [1.82, 2.24) is 0 Å². The quantitative estimate of drug-likeness (QED) is 0.341. The van der Waals surface area contributed by atoms with E-state index in [1.54, 1.807) is 13.2 Å². The maximum absolute atomic E-state index is 11.4. The van der Waals surface area contributed by atoms with Crippen molar-refractivity contribution in [2.45, 2.75) is 46.6 Å². The molecule has 0 fully saturated rings. The first-order chi connectivity index (χ1) is 16.7. The molecule has 0 aliphatic heterocycles. The van der Waals surface area contributed by atoms with E-state index >= 15 is 0 Å². The molecule has 0 saturated carbocycles. The summed E-state index contributed by atoms with van der Waals surface area (Å²) in [5.41, 5.74) is 10.9. The van der Waals surface area contributed by atoms with E-state index in [1.165, 1.54) is 0 Å². The van der Waals surface area contributed by atoms with Crippen LogP contribution < -0.4 is 20.1 Å². The molecule has 6 nitrogen and oxygen atoms in total. The Hall–Kier alpha value is -3.67. The first-order valence-electron chi connectivity index (χ1n) is 11.9. The molecule has 0 saturated heterocycles. The molecule has 3 aromatic carbocycles. The standard InChI is InChI=1S/C18H20O3.C11H18N2O/c1-12(2)15-10-16(18(19)20)17(9-13(15)3)21-11-14-7-5-4-6-8-14;1-4-7-13(2)10-8-9(12)5-6-11(10)14-3/h4-10,12H,11H2,1-3H3,(H,19,20);5-6,8H,4,7,12H2,1-3H3. The minimum atomic E-state index is -0.958. The van der Waals surface area contributed by atoms with Gasteiger partial charge < -0.3 is 25.2 Å². The Morgan fingerprint density at radius 3 is 2.31 bits per heavy atom. The number of hydrogen-bond acceptors (Lipinski definition) is 5. The number of aromatic carboxylic acids is 1. The number of methoxy groups -OCH3 is 1. The van der Waals surface area contributed by atoms with Gasteiger partial charge in [0.2, 0.25) is 0 Å². The zero-order valence-electron chi connectivity index (χ0n) is 21.7. The minimum Gasteiger partial charge on any atom is -0.495 e. The number of benzene rings is 3. The summed E-state index contributed by atoms with van der Waals surface area (Å²) >= 11 is 0. The van der Waals surface area contributed by atoms with Gasteiger partial charge >= 0.3 is 5.97 Å². The molecule has 0 amide bonds. The van der Waals surface area contributed by atoms with Crippen molar-refractivity contribution >= 4 is 17.3 Å². The fourth-order valence-electron chi connectivity index (χ4n) is 3.80. The summed E-state index contributed by atoms with van der Waals surface area (Å²) in [5, 5.41) is 9.38. The Morgan fingerprint density at radius 2 is 1.74 bits per heavy atom.